The third kappa shape index (κ3) is 3.09. The van der Waals surface area contributed by atoms with Gasteiger partial charge in [0.2, 0.25) is 0 Å². The number of anilines is 2. The molecule has 22 heavy (non-hydrogen) atoms. The Balaban J connectivity index is 1.61. The standard InChI is InChI=1S/C14H13ClN6O/c15-9-3-1-8(2-4-9)6-18-14(22)19-12-5-11-10(7-17-12)13(16)21-20-11/h1-5,7H,6H2,(H3,16,20,21)(H2,17,18,19,22). The summed E-state index contributed by atoms with van der Waals surface area (Å²) in [6.45, 7) is 0.391. The molecule has 0 aliphatic rings. The van der Waals surface area contributed by atoms with Crippen molar-refractivity contribution in [1.82, 2.24) is 20.5 Å². The van der Waals surface area contributed by atoms with Crippen molar-refractivity contribution in [3.05, 3.63) is 47.1 Å². The molecule has 0 atom stereocenters. The third-order valence-electron chi connectivity index (χ3n) is 3.08. The van der Waals surface area contributed by atoms with E-state index in [1.54, 1.807) is 24.4 Å². The van der Waals surface area contributed by atoms with Crippen LogP contribution in [0.25, 0.3) is 10.9 Å². The van der Waals surface area contributed by atoms with E-state index in [0.29, 0.717) is 34.1 Å². The Kier molecular flexibility index (Phi) is 3.80. The first-order valence-corrected chi connectivity index (χ1v) is 6.88. The summed E-state index contributed by atoms with van der Waals surface area (Å²) < 4.78 is 0. The zero-order valence-corrected chi connectivity index (χ0v) is 12.2. The average molecular weight is 317 g/mol. The average Bonchev–Trinajstić information content (AvgIpc) is 2.88. The number of aromatic amines is 1. The first-order chi connectivity index (χ1) is 10.6. The Morgan fingerprint density at radius 2 is 2.09 bits per heavy atom. The highest BCUT2D eigenvalue weighted by Gasteiger charge is 2.07. The zero-order chi connectivity index (χ0) is 15.5. The normalized spacial score (nSPS) is 10.6. The van der Waals surface area contributed by atoms with Crippen molar-refractivity contribution in [2.75, 3.05) is 11.1 Å². The molecule has 0 unspecified atom stereocenters. The third-order valence-corrected chi connectivity index (χ3v) is 3.34. The van der Waals surface area contributed by atoms with Gasteiger partial charge in [0.25, 0.3) is 0 Å². The zero-order valence-electron chi connectivity index (χ0n) is 11.4. The van der Waals surface area contributed by atoms with Crippen LogP contribution in [0.2, 0.25) is 5.02 Å². The fraction of sp³-hybridized carbons (Fsp3) is 0.0714. The molecule has 2 heterocycles. The number of rotatable bonds is 3. The fourth-order valence-corrected chi connectivity index (χ4v) is 2.07. The number of benzene rings is 1. The molecule has 0 saturated heterocycles. The van der Waals surface area contributed by atoms with Gasteiger partial charge in [-0.2, -0.15) is 5.10 Å². The van der Waals surface area contributed by atoms with Crippen LogP contribution in [0.3, 0.4) is 0 Å². The first kappa shape index (κ1) is 14.2. The Morgan fingerprint density at radius 1 is 1.32 bits per heavy atom. The molecule has 8 heteroatoms. The van der Waals surface area contributed by atoms with Crippen molar-refractivity contribution in [3.63, 3.8) is 0 Å². The van der Waals surface area contributed by atoms with Crippen LogP contribution in [0, 0.1) is 0 Å². The smallest absolute Gasteiger partial charge is 0.320 e. The Morgan fingerprint density at radius 3 is 2.86 bits per heavy atom. The van der Waals surface area contributed by atoms with E-state index in [9.17, 15) is 4.79 Å². The number of nitrogens with two attached hydrogens (primary N) is 1. The van der Waals surface area contributed by atoms with E-state index in [-0.39, 0.29) is 6.03 Å². The molecule has 3 rings (SSSR count). The molecule has 5 N–H and O–H groups in total. The Labute approximate surface area is 130 Å². The van der Waals surface area contributed by atoms with E-state index in [4.69, 9.17) is 17.3 Å². The monoisotopic (exact) mass is 316 g/mol. The van der Waals surface area contributed by atoms with Crippen molar-refractivity contribution >= 4 is 40.2 Å². The van der Waals surface area contributed by atoms with Gasteiger partial charge in [0.1, 0.15) is 5.82 Å². The van der Waals surface area contributed by atoms with Crippen LogP contribution >= 0.6 is 11.6 Å². The van der Waals surface area contributed by atoms with E-state index in [1.807, 2.05) is 12.1 Å². The van der Waals surface area contributed by atoms with Crippen LogP contribution in [-0.4, -0.2) is 21.2 Å². The minimum Gasteiger partial charge on any atom is -0.382 e. The lowest BCUT2D eigenvalue weighted by Gasteiger charge is -2.07. The second-order valence-corrected chi connectivity index (χ2v) is 5.09. The highest BCUT2D eigenvalue weighted by molar-refractivity contribution is 6.30. The van der Waals surface area contributed by atoms with Gasteiger partial charge in [0.15, 0.2) is 5.82 Å². The highest BCUT2D eigenvalue weighted by Crippen LogP contribution is 2.18. The maximum atomic E-state index is 11.9. The maximum Gasteiger partial charge on any atom is 0.320 e. The summed E-state index contributed by atoms with van der Waals surface area (Å²) in [6, 6.07) is 8.55. The number of carbonyl (C=O) groups is 1. The Hall–Kier alpha value is -2.80. The van der Waals surface area contributed by atoms with E-state index < -0.39 is 0 Å². The van der Waals surface area contributed by atoms with Crippen LogP contribution < -0.4 is 16.4 Å². The molecular formula is C14H13ClN6O. The van der Waals surface area contributed by atoms with Crippen molar-refractivity contribution in [1.29, 1.82) is 0 Å². The predicted molar refractivity (Wildman–Crippen MR) is 85.6 cm³/mol. The molecule has 2 aromatic heterocycles. The number of nitrogen functional groups attached to an aromatic ring is 1. The van der Waals surface area contributed by atoms with Gasteiger partial charge in [-0.05, 0) is 17.7 Å². The lowest BCUT2D eigenvalue weighted by Crippen LogP contribution is -2.28. The SMILES string of the molecule is Nc1n[nH]c2cc(NC(=O)NCc3ccc(Cl)cc3)ncc12. The molecule has 7 nitrogen and oxygen atoms in total. The summed E-state index contributed by atoms with van der Waals surface area (Å²) in [5, 5.41) is 13.4. The lowest BCUT2D eigenvalue weighted by atomic mass is 10.2. The number of carbonyl (C=O) groups excluding carboxylic acids is 1. The molecule has 0 bridgehead atoms. The van der Waals surface area contributed by atoms with Gasteiger partial charge >= 0.3 is 6.03 Å². The molecule has 0 radical (unpaired) electrons. The van der Waals surface area contributed by atoms with Gasteiger partial charge < -0.3 is 11.1 Å². The summed E-state index contributed by atoms with van der Waals surface area (Å²) in [5.41, 5.74) is 7.32. The quantitative estimate of drug-likeness (QED) is 0.595. The van der Waals surface area contributed by atoms with Crippen LogP contribution in [0.15, 0.2) is 36.5 Å². The van der Waals surface area contributed by atoms with Crippen LogP contribution in [0.4, 0.5) is 16.4 Å². The first-order valence-electron chi connectivity index (χ1n) is 6.51. The molecule has 0 aliphatic carbocycles. The van der Waals surface area contributed by atoms with E-state index >= 15 is 0 Å². The number of pyridine rings is 1. The number of fused-ring (bicyclic) bond motifs is 1. The van der Waals surface area contributed by atoms with E-state index in [1.165, 1.54) is 0 Å². The number of aromatic nitrogens is 3. The second kappa shape index (κ2) is 5.90. The van der Waals surface area contributed by atoms with Gasteiger partial charge in [-0.3, -0.25) is 10.4 Å². The minimum absolute atomic E-state index is 0.353. The summed E-state index contributed by atoms with van der Waals surface area (Å²) >= 11 is 5.81. The van der Waals surface area contributed by atoms with Gasteiger partial charge in [-0.1, -0.05) is 23.7 Å². The van der Waals surface area contributed by atoms with Crippen molar-refractivity contribution in [2.24, 2.45) is 0 Å². The largest absolute Gasteiger partial charge is 0.382 e. The fourth-order valence-electron chi connectivity index (χ4n) is 1.95. The number of H-pyrrole nitrogens is 1. The van der Waals surface area contributed by atoms with Crippen LogP contribution in [-0.2, 0) is 6.54 Å². The van der Waals surface area contributed by atoms with Gasteiger partial charge in [-0.15, -0.1) is 0 Å². The van der Waals surface area contributed by atoms with Gasteiger partial charge in [0.05, 0.1) is 10.9 Å². The molecule has 112 valence electrons. The van der Waals surface area contributed by atoms with Crippen LogP contribution in [0.1, 0.15) is 5.56 Å². The van der Waals surface area contributed by atoms with Crippen molar-refractivity contribution in [2.45, 2.75) is 6.54 Å². The van der Waals surface area contributed by atoms with Gasteiger partial charge in [-0.25, -0.2) is 9.78 Å². The molecular weight excluding hydrogens is 304 g/mol. The lowest BCUT2D eigenvalue weighted by molar-refractivity contribution is 0.251. The molecule has 0 spiro atoms. The minimum atomic E-state index is -0.353. The molecule has 0 aliphatic heterocycles. The van der Waals surface area contributed by atoms with Crippen molar-refractivity contribution < 1.29 is 4.79 Å². The highest BCUT2D eigenvalue weighted by atomic mass is 35.5. The summed E-state index contributed by atoms with van der Waals surface area (Å²) in [4.78, 5) is 16.0. The molecule has 3 aromatic rings. The summed E-state index contributed by atoms with van der Waals surface area (Å²) in [6.07, 6.45) is 1.56. The summed E-state index contributed by atoms with van der Waals surface area (Å²) in [5.74, 6) is 0.783. The molecule has 0 fully saturated rings. The maximum absolute atomic E-state index is 11.9. The topological polar surface area (TPSA) is 109 Å². The number of hydrogen-bond acceptors (Lipinski definition) is 4. The number of halogens is 1. The van der Waals surface area contributed by atoms with Crippen LogP contribution in [0.5, 0.6) is 0 Å². The van der Waals surface area contributed by atoms with Gasteiger partial charge in [0, 0.05) is 23.8 Å². The number of amides is 2. The number of urea groups is 1. The molecule has 0 saturated carbocycles. The van der Waals surface area contributed by atoms with E-state index in [0.717, 1.165) is 5.56 Å². The number of hydrogen-bond donors (Lipinski definition) is 4. The van der Waals surface area contributed by atoms with E-state index in [2.05, 4.69) is 25.8 Å². The second-order valence-electron chi connectivity index (χ2n) is 4.66. The number of nitrogens with zero attached hydrogens (tertiary/aromatic N) is 2. The predicted octanol–water partition coefficient (Wildman–Crippen LogP) is 2.52. The molecule has 2 amide bonds. The molecule has 1 aromatic carbocycles. The Bertz CT molecular complexity index is 814. The number of nitrogens with one attached hydrogen (secondary N) is 3. The summed E-state index contributed by atoms with van der Waals surface area (Å²) in [7, 11) is 0. The van der Waals surface area contributed by atoms with Crippen molar-refractivity contribution in [3.8, 4) is 0 Å².